The number of rotatable bonds is 7. The summed E-state index contributed by atoms with van der Waals surface area (Å²) in [6.07, 6.45) is 0.883. The number of thioether (sulfide) groups is 1. The van der Waals surface area contributed by atoms with Crippen LogP contribution in [0, 0.1) is 0 Å². The number of nitrogens with one attached hydrogen (secondary N) is 1. The average molecular weight is 422 g/mol. The first-order valence-electron chi connectivity index (χ1n) is 9.92. The molecular weight excluding hydrogens is 394 g/mol. The standard InChI is InChI=1S/C20H27N3O5S/c1-26-15-5-4-13-16(17(15)27-2)19(25)23-14(12-29-20(13)23)18(24)21-6-3-7-22-8-10-28-11-9-22/h4-5,14,20H,3,6-12H2,1-2H3,(H,21,24)/t14-,20-/m0/s1. The van der Waals surface area contributed by atoms with E-state index in [4.69, 9.17) is 14.2 Å². The van der Waals surface area contributed by atoms with E-state index in [1.165, 1.54) is 7.11 Å². The van der Waals surface area contributed by atoms with Crippen molar-refractivity contribution in [2.75, 3.05) is 59.4 Å². The second kappa shape index (κ2) is 8.81. The van der Waals surface area contributed by atoms with Crippen LogP contribution in [0.2, 0.25) is 0 Å². The summed E-state index contributed by atoms with van der Waals surface area (Å²) in [5, 5.41) is 2.86. The molecule has 3 aliphatic heterocycles. The maximum atomic E-state index is 13.2. The maximum absolute atomic E-state index is 13.2. The molecule has 0 radical (unpaired) electrons. The van der Waals surface area contributed by atoms with E-state index in [0.29, 0.717) is 29.4 Å². The molecule has 0 aromatic heterocycles. The Hall–Kier alpha value is -1.97. The Labute approximate surface area is 174 Å². The predicted octanol–water partition coefficient (Wildman–Crippen LogP) is 1.11. The van der Waals surface area contributed by atoms with E-state index in [0.717, 1.165) is 44.8 Å². The number of hydrogen-bond acceptors (Lipinski definition) is 7. The van der Waals surface area contributed by atoms with Gasteiger partial charge in [0.1, 0.15) is 11.4 Å². The Morgan fingerprint density at radius 3 is 2.79 bits per heavy atom. The third kappa shape index (κ3) is 3.78. The van der Waals surface area contributed by atoms with Gasteiger partial charge in [0.05, 0.1) is 33.0 Å². The lowest BCUT2D eigenvalue weighted by Gasteiger charge is -2.26. The largest absolute Gasteiger partial charge is 0.493 e. The van der Waals surface area contributed by atoms with Gasteiger partial charge in [-0.1, -0.05) is 6.07 Å². The van der Waals surface area contributed by atoms with Gasteiger partial charge in [-0.3, -0.25) is 14.5 Å². The molecule has 1 aromatic carbocycles. The van der Waals surface area contributed by atoms with Gasteiger partial charge in [0.25, 0.3) is 5.91 Å². The molecule has 0 saturated carbocycles. The van der Waals surface area contributed by atoms with Crippen molar-refractivity contribution < 1.29 is 23.8 Å². The summed E-state index contributed by atoms with van der Waals surface area (Å²) in [6, 6.07) is 3.24. The van der Waals surface area contributed by atoms with E-state index in [-0.39, 0.29) is 17.2 Å². The lowest BCUT2D eigenvalue weighted by molar-refractivity contribution is -0.124. The maximum Gasteiger partial charge on any atom is 0.260 e. The number of carbonyl (C=O) groups excluding carboxylic acids is 2. The van der Waals surface area contributed by atoms with Crippen molar-refractivity contribution in [3.63, 3.8) is 0 Å². The zero-order valence-electron chi connectivity index (χ0n) is 16.8. The quantitative estimate of drug-likeness (QED) is 0.661. The summed E-state index contributed by atoms with van der Waals surface area (Å²) in [7, 11) is 3.08. The van der Waals surface area contributed by atoms with Gasteiger partial charge in [-0.05, 0) is 19.0 Å². The van der Waals surface area contributed by atoms with Crippen LogP contribution in [0.1, 0.15) is 27.7 Å². The van der Waals surface area contributed by atoms with E-state index in [1.807, 2.05) is 12.1 Å². The summed E-state index contributed by atoms with van der Waals surface area (Å²) in [4.78, 5) is 30.0. The SMILES string of the molecule is COc1ccc2c(c1OC)C(=O)N1[C@H](C(=O)NCCCN3CCOCC3)CS[C@@H]21. The summed E-state index contributed by atoms with van der Waals surface area (Å²) >= 11 is 1.62. The van der Waals surface area contributed by atoms with Crippen LogP contribution in [0.15, 0.2) is 12.1 Å². The molecule has 0 aliphatic carbocycles. The fraction of sp³-hybridized carbons (Fsp3) is 0.600. The first-order chi connectivity index (χ1) is 14.2. The number of fused-ring (bicyclic) bond motifs is 3. The minimum absolute atomic E-state index is 0.0888. The molecule has 3 aliphatic rings. The van der Waals surface area contributed by atoms with Crippen LogP contribution in [-0.2, 0) is 9.53 Å². The van der Waals surface area contributed by atoms with Crippen molar-refractivity contribution in [1.82, 2.24) is 15.1 Å². The highest BCUT2D eigenvalue weighted by atomic mass is 32.2. The Morgan fingerprint density at radius 1 is 1.28 bits per heavy atom. The van der Waals surface area contributed by atoms with E-state index in [1.54, 1.807) is 23.8 Å². The number of carbonyl (C=O) groups is 2. The molecule has 1 N–H and O–H groups in total. The third-order valence-corrected chi connectivity index (χ3v) is 6.95. The van der Waals surface area contributed by atoms with Gasteiger partial charge in [0.15, 0.2) is 11.5 Å². The van der Waals surface area contributed by atoms with E-state index in [9.17, 15) is 9.59 Å². The van der Waals surface area contributed by atoms with Gasteiger partial charge in [0.2, 0.25) is 5.91 Å². The van der Waals surface area contributed by atoms with Gasteiger partial charge < -0.3 is 24.4 Å². The van der Waals surface area contributed by atoms with Gasteiger partial charge in [0, 0.05) is 31.0 Å². The number of methoxy groups -OCH3 is 2. The molecule has 8 nitrogen and oxygen atoms in total. The molecule has 4 rings (SSSR count). The molecule has 2 amide bonds. The van der Waals surface area contributed by atoms with E-state index >= 15 is 0 Å². The smallest absolute Gasteiger partial charge is 0.260 e. The molecule has 2 saturated heterocycles. The predicted molar refractivity (Wildman–Crippen MR) is 110 cm³/mol. The fourth-order valence-corrected chi connectivity index (χ4v) is 5.61. The van der Waals surface area contributed by atoms with Crippen molar-refractivity contribution in [3.8, 4) is 11.5 Å². The number of nitrogens with zero attached hydrogens (tertiary/aromatic N) is 2. The third-order valence-electron chi connectivity index (χ3n) is 5.65. The first-order valence-corrected chi connectivity index (χ1v) is 11.0. The molecule has 9 heteroatoms. The topological polar surface area (TPSA) is 80.3 Å². The van der Waals surface area contributed by atoms with E-state index < -0.39 is 6.04 Å². The van der Waals surface area contributed by atoms with Crippen LogP contribution in [0.5, 0.6) is 11.5 Å². The fourth-order valence-electron chi connectivity index (χ4n) is 4.15. The zero-order chi connectivity index (χ0) is 20.4. The van der Waals surface area contributed by atoms with Crippen molar-refractivity contribution in [2.45, 2.75) is 17.8 Å². The zero-order valence-corrected chi connectivity index (χ0v) is 17.6. The van der Waals surface area contributed by atoms with Gasteiger partial charge >= 0.3 is 0 Å². The molecule has 0 spiro atoms. The molecule has 0 unspecified atom stereocenters. The van der Waals surface area contributed by atoms with Crippen LogP contribution in [0.4, 0.5) is 0 Å². The minimum atomic E-state index is -0.469. The lowest BCUT2D eigenvalue weighted by Crippen LogP contribution is -2.46. The van der Waals surface area contributed by atoms with Crippen molar-refractivity contribution >= 4 is 23.6 Å². The highest BCUT2D eigenvalue weighted by Crippen LogP contribution is 2.52. The van der Waals surface area contributed by atoms with Crippen LogP contribution >= 0.6 is 11.8 Å². The highest BCUT2D eigenvalue weighted by Gasteiger charge is 2.50. The number of ether oxygens (including phenoxy) is 3. The summed E-state index contributed by atoms with van der Waals surface area (Å²) in [5.41, 5.74) is 1.40. The molecule has 2 atom stereocenters. The first kappa shape index (κ1) is 20.3. The normalized spacial score (nSPS) is 23.7. The Balaban J connectivity index is 1.38. The van der Waals surface area contributed by atoms with Crippen molar-refractivity contribution in [3.05, 3.63) is 23.3 Å². The summed E-state index contributed by atoms with van der Waals surface area (Å²) < 4.78 is 16.1. The summed E-state index contributed by atoms with van der Waals surface area (Å²) in [5.74, 6) is 1.30. The van der Waals surface area contributed by atoms with Gasteiger partial charge in [-0.25, -0.2) is 0 Å². The van der Waals surface area contributed by atoms with Crippen LogP contribution < -0.4 is 14.8 Å². The highest BCUT2D eigenvalue weighted by molar-refractivity contribution is 7.99. The van der Waals surface area contributed by atoms with Crippen LogP contribution in [0.3, 0.4) is 0 Å². The molecule has 158 valence electrons. The average Bonchev–Trinajstić information content (AvgIpc) is 3.31. The molecule has 1 aromatic rings. The van der Waals surface area contributed by atoms with Crippen LogP contribution in [-0.4, -0.2) is 87.0 Å². The lowest BCUT2D eigenvalue weighted by atomic mass is 10.1. The Kier molecular flexibility index (Phi) is 6.17. The van der Waals surface area contributed by atoms with Crippen LogP contribution in [0.25, 0.3) is 0 Å². The molecule has 29 heavy (non-hydrogen) atoms. The molecule has 2 fully saturated rings. The summed E-state index contributed by atoms with van der Waals surface area (Å²) in [6.45, 7) is 4.99. The second-order valence-electron chi connectivity index (χ2n) is 7.28. The van der Waals surface area contributed by atoms with Gasteiger partial charge in [-0.2, -0.15) is 0 Å². The van der Waals surface area contributed by atoms with Crippen molar-refractivity contribution in [1.29, 1.82) is 0 Å². The Bertz CT molecular complexity index is 784. The second-order valence-corrected chi connectivity index (χ2v) is 8.39. The molecular formula is C20H27N3O5S. The minimum Gasteiger partial charge on any atom is -0.493 e. The van der Waals surface area contributed by atoms with Gasteiger partial charge in [-0.15, -0.1) is 11.8 Å². The molecule has 3 heterocycles. The monoisotopic (exact) mass is 421 g/mol. The molecule has 0 bridgehead atoms. The number of hydrogen-bond donors (Lipinski definition) is 1. The number of morpholine rings is 1. The van der Waals surface area contributed by atoms with E-state index in [2.05, 4.69) is 10.2 Å². The number of benzene rings is 1. The Morgan fingerprint density at radius 2 is 2.07 bits per heavy atom. The van der Waals surface area contributed by atoms with Crippen molar-refractivity contribution in [2.24, 2.45) is 0 Å². The number of amides is 2.